The first-order valence-electron chi connectivity index (χ1n) is 10.9. The lowest BCUT2D eigenvalue weighted by atomic mass is 9.84. The number of hydrogen-bond donors (Lipinski definition) is 2. The van der Waals surface area contributed by atoms with Crippen molar-refractivity contribution in [1.29, 1.82) is 0 Å². The van der Waals surface area contributed by atoms with E-state index in [1.54, 1.807) is 7.11 Å². The van der Waals surface area contributed by atoms with Gasteiger partial charge in [-0.15, -0.1) is 0 Å². The van der Waals surface area contributed by atoms with Gasteiger partial charge in [0.1, 0.15) is 6.61 Å². The summed E-state index contributed by atoms with van der Waals surface area (Å²) in [5.41, 5.74) is 6.20. The monoisotopic (exact) mass is 439 g/mol. The Hall–Kier alpha value is -4.06. The molecule has 1 aliphatic rings. The van der Waals surface area contributed by atoms with Crippen molar-refractivity contribution in [3.8, 4) is 22.8 Å². The number of nitrogens with one attached hydrogen (secondary N) is 2. The lowest BCUT2D eigenvalue weighted by molar-refractivity contribution is -0.116. The van der Waals surface area contributed by atoms with E-state index in [1.807, 2.05) is 48.5 Å². The minimum absolute atomic E-state index is 0.0581. The summed E-state index contributed by atoms with van der Waals surface area (Å²) >= 11 is 0. The third kappa shape index (κ3) is 4.20. The molecule has 0 saturated carbocycles. The van der Waals surface area contributed by atoms with E-state index in [9.17, 15) is 4.79 Å². The lowest BCUT2D eigenvalue weighted by Crippen LogP contribution is -2.23. The van der Waals surface area contributed by atoms with Crippen LogP contribution in [-0.2, 0) is 11.4 Å². The Morgan fingerprint density at radius 2 is 1.79 bits per heavy atom. The normalized spacial score (nSPS) is 15.0. The molecule has 6 nitrogen and oxygen atoms in total. The van der Waals surface area contributed by atoms with Crippen LogP contribution in [0.5, 0.6) is 11.5 Å². The maximum absolute atomic E-state index is 12.4. The summed E-state index contributed by atoms with van der Waals surface area (Å²) < 4.78 is 11.7. The molecule has 0 saturated heterocycles. The van der Waals surface area contributed by atoms with E-state index in [1.165, 1.54) is 5.56 Å². The van der Waals surface area contributed by atoms with E-state index in [4.69, 9.17) is 9.47 Å². The lowest BCUT2D eigenvalue weighted by Gasteiger charge is -2.24. The molecule has 1 aliphatic heterocycles. The van der Waals surface area contributed by atoms with E-state index < -0.39 is 0 Å². The number of anilines is 1. The zero-order chi connectivity index (χ0) is 22.8. The highest BCUT2D eigenvalue weighted by molar-refractivity contribution is 5.96. The molecule has 6 heteroatoms. The zero-order valence-electron chi connectivity index (χ0n) is 18.6. The van der Waals surface area contributed by atoms with Gasteiger partial charge in [-0.25, -0.2) is 0 Å². The number of carbonyl (C=O) groups is 1. The molecular formula is C27H25N3O3. The third-order valence-corrected chi connectivity index (χ3v) is 5.97. The summed E-state index contributed by atoms with van der Waals surface area (Å²) in [4.78, 5) is 12.4. The molecule has 1 atom stereocenters. The van der Waals surface area contributed by atoms with Gasteiger partial charge in [0.05, 0.1) is 12.8 Å². The summed E-state index contributed by atoms with van der Waals surface area (Å²) in [6, 6.07) is 24.1. The zero-order valence-corrected chi connectivity index (χ0v) is 18.6. The number of ether oxygens (including phenoxy) is 2. The van der Waals surface area contributed by atoms with Crippen LogP contribution in [-0.4, -0.2) is 23.2 Å². The molecule has 3 aromatic carbocycles. The van der Waals surface area contributed by atoms with Crippen LogP contribution in [0, 0.1) is 6.92 Å². The topological polar surface area (TPSA) is 76.2 Å². The van der Waals surface area contributed by atoms with Crippen molar-refractivity contribution in [1.82, 2.24) is 10.2 Å². The van der Waals surface area contributed by atoms with Crippen molar-refractivity contribution in [2.24, 2.45) is 0 Å². The quantitative estimate of drug-likeness (QED) is 0.419. The standard InChI is InChI=1S/C27H25N3O3/c1-17-8-10-18(11-9-17)16-33-22-13-12-20(14-23(22)32-2)21-15-24(31)28-27-25(21)26(29-30-27)19-6-4-3-5-7-19/h3-14,21H,15-16H2,1-2H3,(H2,28,29,30,31)/t21-/m1/s1. The fourth-order valence-electron chi connectivity index (χ4n) is 4.23. The van der Waals surface area contributed by atoms with E-state index >= 15 is 0 Å². The molecule has 0 spiro atoms. The molecule has 1 amide bonds. The van der Waals surface area contributed by atoms with Crippen LogP contribution in [0.1, 0.15) is 34.6 Å². The Labute approximate surface area is 192 Å². The molecule has 1 aromatic heterocycles. The van der Waals surface area contributed by atoms with Gasteiger partial charge in [0, 0.05) is 17.9 Å². The second-order valence-electron chi connectivity index (χ2n) is 8.22. The average molecular weight is 440 g/mol. The summed E-state index contributed by atoms with van der Waals surface area (Å²) in [7, 11) is 1.63. The Morgan fingerprint density at radius 1 is 1.00 bits per heavy atom. The first kappa shape index (κ1) is 20.8. The average Bonchev–Trinajstić information content (AvgIpc) is 3.27. The van der Waals surface area contributed by atoms with Gasteiger partial charge in [0.15, 0.2) is 17.3 Å². The number of aromatic nitrogens is 2. The number of aromatic amines is 1. The molecule has 0 bridgehead atoms. The Balaban J connectivity index is 1.47. The van der Waals surface area contributed by atoms with Crippen molar-refractivity contribution >= 4 is 11.7 Å². The molecule has 4 aromatic rings. The molecule has 0 unspecified atom stereocenters. The second kappa shape index (κ2) is 8.82. The molecule has 0 radical (unpaired) electrons. The van der Waals surface area contributed by atoms with Crippen LogP contribution < -0.4 is 14.8 Å². The van der Waals surface area contributed by atoms with Gasteiger partial charge in [-0.05, 0) is 35.7 Å². The van der Waals surface area contributed by atoms with Gasteiger partial charge in [0.25, 0.3) is 0 Å². The number of benzene rings is 3. The minimum atomic E-state index is -0.150. The number of rotatable bonds is 6. The predicted octanol–water partition coefficient (Wildman–Crippen LogP) is 5.45. The number of nitrogens with zero attached hydrogens (tertiary/aromatic N) is 1. The molecule has 0 aliphatic carbocycles. The molecule has 166 valence electrons. The maximum Gasteiger partial charge on any atom is 0.226 e. The number of amides is 1. The largest absolute Gasteiger partial charge is 0.493 e. The first-order valence-corrected chi connectivity index (χ1v) is 10.9. The van der Waals surface area contributed by atoms with Gasteiger partial charge in [-0.3, -0.25) is 9.89 Å². The van der Waals surface area contributed by atoms with Crippen molar-refractivity contribution in [2.45, 2.75) is 25.9 Å². The summed E-state index contributed by atoms with van der Waals surface area (Å²) in [5.74, 6) is 1.67. The number of H-pyrrole nitrogens is 1. The van der Waals surface area contributed by atoms with Gasteiger partial charge in [-0.1, -0.05) is 66.2 Å². The Kier molecular flexibility index (Phi) is 5.57. The maximum atomic E-state index is 12.4. The highest BCUT2D eigenvalue weighted by Crippen LogP contribution is 2.43. The smallest absolute Gasteiger partial charge is 0.226 e. The molecule has 5 rings (SSSR count). The van der Waals surface area contributed by atoms with Crippen LogP contribution in [0.25, 0.3) is 11.3 Å². The number of hydrogen-bond acceptors (Lipinski definition) is 4. The molecule has 2 heterocycles. The van der Waals surface area contributed by atoms with Crippen LogP contribution in [0.15, 0.2) is 72.8 Å². The highest BCUT2D eigenvalue weighted by Gasteiger charge is 2.32. The fourth-order valence-corrected chi connectivity index (χ4v) is 4.23. The Morgan fingerprint density at radius 3 is 2.55 bits per heavy atom. The summed E-state index contributed by atoms with van der Waals surface area (Å²) in [5, 5.41) is 10.4. The van der Waals surface area contributed by atoms with Gasteiger partial charge >= 0.3 is 0 Å². The van der Waals surface area contributed by atoms with Crippen LogP contribution in [0.2, 0.25) is 0 Å². The molecular weight excluding hydrogens is 414 g/mol. The van der Waals surface area contributed by atoms with E-state index in [-0.39, 0.29) is 11.8 Å². The summed E-state index contributed by atoms with van der Waals surface area (Å²) in [6.45, 7) is 2.51. The van der Waals surface area contributed by atoms with E-state index in [0.29, 0.717) is 30.3 Å². The summed E-state index contributed by atoms with van der Waals surface area (Å²) in [6.07, 6.45) is 0.332. The van der Waals surface area contributed by atoms with E-state index in [0.717, 1.165) is 27.9 Å². The van der Waals surface area contributed by atoms with Crippen molar-refractivity contribution in [3.63, 3.8) is 0 Å². The van der Waals surface area contributed by atoms with Gasteiger partial charge in [0.2, 0.25) is 5.91 Å². The first-order chi connectivity index (χ1) is 16.1. The second-order valence-corrected chi connectivity index (χ2v) is 8.22. The molecule has 33 heavy (non-hydrogen) atoms. The molecule has 0 fully saturated rings. The van der Waals surface area contributed by atoms with E-state index in [2.05, 4.69) is 46.7 Å². The van der Waals surface area contributed by atoms with Crippen molar-refractivity contribution < 1.29 is 14.3 Å². The third-order valence-electron chi connectivity index (χ3n) is 5.97. The number of carbonyl (C=O) groups excluding carboxylic acids is 1. The predicted molar refractivity (Wildman–Crippen MR) is 128 cm³/mol. The number of aryl methyl sites for hydroxylation is 1. The van der Waals surface area contributed by atoms with Crippen molar-refractivity contribution in [2.75, 3.05) is 12.4 Å². The fraction of sp³-hybridized carbons (Fsp3) is 0.185. The van der Waals surface area contributed by atoms with Crippen LogP contribution >= 0.6 is 0 Å². The van der Waals surface area contributed by atoms with Gasteiger partial charge < -0.3 is 14.8 Å². The highest BCUT2D eigenvalue weighted by atomic mass is 16.5. The Bertz CT molecular complexity index is 1280. The van der Waals surface area contributed by atoms with Crippen LogP contribution in [0.4, 0.5) is 5.82 Å². The van der Waals surface area contributed by atoms with Gasteiger partial charge in [-0.2, -0.15) is 5.10 Å². The molecule has 2 N–H and O–H groups in total. The minimum Gasteiger partial charge on any atom is -0.493 e. The van der Waals surface area contributed by atoms with Crippen molar-refractivity contribution in [3.05, 3.63) is 95.1 Å². The number of methoxy groups -OCH3 is 1. The van der Waals surface area contributed by atoms with Crippen LogP contribution in [0.3, 0.4) is 0 Å². The SMILES string of the molecule is COc1cc([C@H]2CC(=O)Nc3n[nH]c(-c4ccccc4)c32)ccc1OCc1ccc(C)cc1. The number of fused-ring (bicyclic) bond motifs is 1.